The van der Waals surface area contributed by atoms with Gasteiger partial charge in [-0.15, -0.1) is 0 Å². The molecule has 0 spiro atoms. The van der Waals surface area contributed by atoms with Gasteiger partial charge in [0, 0.05) is 25.1 Å². The summed E-state index contributed by atoms with van der Waals surface area (Å²) in [6, 6.07) is 14.9. The van der Waals surface area contributed by atoms with Crippen LogP contribution in [-0.2, 0) is 11.3 Å². The van der Waals surface area contributed by atoms with Gasteiger partial charge >= 0.3 is 0 Å². The van der Waals surface area contributed by atoms with Crippen molar-refractivity contribution in [3.63, 3.8) is 0 Å². The van der Waals surface area contributed by atoms with Crippen LogP contribution in [-0.4, -0.2) is 25.5 Å². The van der Waals surface area contributed by atoms with Crippen molar-refractivity contribution in [1.29, 1.82) is 0 Å². The molecule has 0 atom stereocenters. The van der Waals surface area contributed by atoms with Crippen LogP contribution >= 0.6 is 0 Å². The van der Waals surface area contributed by atoms with Gasteiger partial charge in [-0.05, 0) is 36.2 Å². The van der Waals surface area contributed by atoms with Crippen molar-refractivity contribution in [2.45, 2.75) is 19.9 Å². The number of rotatable bonds is 7. The summed E-state index contributed by atoms with van der Waals surface area (Å²) in [6.45, 7) is 2.65. The SMILES string of the molecule is COc1ccc(CNC(=O)CCNC(=O)c2ccccc2C)cc1. The first-order chi connectivity index (χ1) is 11.6. The average molecular weight is 326 g/mol. The number of benzene rings is 2. The largest absolute Gasteiger partial charge is 0.497 e. The van der Waals surface area contributed by atoms with Crippen molar-refractivity contribution >= 4 is 11.8 Å². The zero-order valence-corrected chi connectivity index (χ0v) is 14.0. The number of carbonyl (C=O) groups excluding carboxylic acids is 2. The van der Waals surface area contributed by atoms with E-state index in [1.165, 1.54) is 0 Å². The highest BCUT2D eigenvalue weighted by Gasteiger charge is 2.08. The van der Waals surface area contributed by atoms with Gasteiger partial charge in [0.25, 0.3) is 5.91 Å². The Morgan fingerprint density at radius 2 is 1.71 bits per heavy atom. The second-order valence-corrected chi connectivity index (χ2v) is 5.45. The lowest BCUT2D eigenvalue weighted by Gasteiger charge is -2.08. The predicted octanol–water partition coefficient (Wildman–Crippen LogP) is 2.44. The van der Waals surface area contributed by atoms with Crippen LogP contribution in [0.25, 0.3) is 0 Å². The lowest BCUT2D eigenvalue weighted by molar-refractivity contribution is -0.121. The fourth-order valence-corrected chi connectivity index (χ4v) is 2.24. The van der Waals surface area contributed by atoms with Crippen LogP contribution < -0.4 is 15.4 Å². The number of ether oxygens (including phenoxy) is 1. The van der Waals surface area contributed by atoms with Crippen molar-refractivity contribution in [1.82, 2.24) is 10.6 Å². The van der Waals surface area contributed by atoms with Crippen LogP contribution in [0.5, 0.6) is 5.75 Å². The zero-order chi connectivity index (χ0) is 17.4. The van der Waals surface area contributed by atoms with E-state index in [2.05, 4.69) is 10.6 Å². The van der Waals surface area contributed by atoms with E-state index in [1.54, 1.807) is 13.2 Å². The van der Waals surface area contributed by atoms with Crippen LogP contribution in [0.15, 0.2) is 48.5 Å². The van der Waals surface area contributed by atoms with Gasteiger partial charge in [0.05, 0.1) is 7.11 Å². The first kappa shape index (κ1) is 17.5. The van der Waals surface area contributed by atoms with Gasteiger partial charge in [-0.3, -0.25) is 9.59 Å². The van der Waals surface area contributed by atoms with Gasteiger partial charge in [0.1, 0.15) is 5.75 Å². The van der Waals surface area contributed by atoms with Crippen molar-refractivity contribution < 1.29 is 14.3 Å². The van der Waals surface area contributed by atoms with E-state index < -0.39 is 0 Å². The molecule has 5 heteroatoms. The van der Waals surface area contributed by atoms with E-state index in [1.807, 2.05) is 49.4 Å². The van der Waals surface area contributed by atoms with Crippen molar-refractivity contribution in [2.24, 2.45) is 0 Å². The summed E-state index contributed by atoms with van der Waals surface area (Å²) in [4.78, 5) is 23.9. The van der Waals surface area contributed by atoms with Crippen LogP contribution in [0.2, 0.25) is 0 Å². The second-order valence-electron chi connectivity index (χ2n) is 5.45. The quantitative estimate of drug-likeness (QED) is 0.821. The Bertz CT molecular complexity index is 696. The van der Waals surface area contributed by atoms with Gasteiger partial charge in [0.2, 0.25) is 5.91 Å². The molecule has 0 bridgehead atoms. The zero-order valence-electron chi connectivity index (χ0n) is 14.0. The van der Waals surface area contributed by atoms with E-state index >= 15 is 0 Å². The molecule has 0 fully saturated rings. The van der Waals surface area contributed by atoms with Gasteiger partial charge in [-0.2, -0.15) is 0 Å². The number of aryl methyl sites for hydroxylation is 1. The molecule has 0 aliphatic heterocycles. The van der Waals surface area contributed by atoms with Gasteiger partial charge in [-0.1, -0.05) is 30.3 Å². The molecule has 0 saturated carbocycles. The molecule has 126 valence electrons. The third-order valence-electron chi connectivity index (χ3n) is 3.68. The lowest BCUT2D eigenvalue weighted by atomic mass is 10.1. The Kier molecular flexibility index (Phi) is 6.37. The Balaban J connectivity index is 1.71. The molecule has 2 amide bonds. The molecule has 0 aliphatic carbocycles. The fraction of sp³-hybridized carbons (Fsp3) is 0.263. The molecule has 2 rings (SSSR count). The molecule has 5 nitrogen and oxygen atoms in total. The predicted molar refractivity (Wildman–Crippen MR) is 93.0 cm³/mol. The highest BCUT2D eigenvalue weighted by Crippen LogP contribution is 2.11. The molecule has 0 aromatic heterocycles. The summed E-state index contributed by atoms with van der Waals surface area (Å²) in [6.07, 6.45) is 0.244. The van der Waals surface area contributed by atoms with Crippen LogP contribution in [0.3, 0.4) is 0 Å². The van der Waals surface area contributed by atoms with E-state index in [0.29, 0.717) is 18.7 Å². The summed E-state index contributed by atoms with van der Waals surface area (Å²) < 4.78 is 5.09. The Labute approximate surface area is 142 Å². The first-order valence-electron chi connectivity index (χ1n) is 7.83. The summed E-state index contributed by atoms with van der Waals surface area (Å²) in [5, 5.41) is 5.60. The highest BCUT2D eigenvalue weighted by molar-refractivity contribution is 5.95. The van der Waals surface area contributed by atoms with E-state index in [9.17, 15) is 9.59 Å². The molecule has 2 N–H and O–H groups in total. The Morgan fingerprint density at radius 1 is 1.00 bits per heavy atom. The molecule has 0 radical (unpaired) electrons. The summed E-state index contributed by atoms with van der Waals surface area (Å²) >= 11 is 0. The normalized spacial score (nSPS) is 10.1. The molecule has 0 saturated heterocycles. The van der Waals surface area contributed by atoms with Crippen molar-refractivity contribution in [3.05, 3.63) is 65.2 Å². The molecule has 2 aromatic carbocycles. The Morgan fingerprint density at radius 3 is 2.38 bits per heavy atom. The number of nitrogens with one attached hydrogen (secondary N) is 2. The van der Waals surface area contributed by atoms with Gasteiger partial charge in [-0.25, -0.2) is 0 Å². The van der Waals surface area contributed by atoms with Crippen molar-refractivity contribution in [2.75, 3.05) is 13.7 Å². The van der Waals surface area contributed by atoms with E-state index in [-0.39, 0.29) is 18.2 Å². The van der Waals surface area contributed by atoms with Crippen LogP contribution in [0.4, 0.5) is 0 Å². The van der Waals surface area contributed by atoms with E-state index in [0.717, 1.165) is 16.9 Å². The molecule has 0 unspecified atom stereocenters. The molecular formula is C19H22N2O3. The minimum Gasteiger partial charge on any atom is -0.497 e. The number of methoxy groups -OCH3 is 1. The number of hydrogen-bond donors (Lipinski definition) is 2. The maximum absolute atomic E-state index is 12.0. The molecule has 24 heavy (non-hydrogen) atoms. The molecule has 0 heterocycles. The minimum atomic E-state index is -0.156. The summed E-state index contributed by atoms with van der Waals surface area (Å²) in [5.41, 5.74) is 2.54. The topological polar surface area (TPSA) is 67.4 Å². The maximum atomic E-state index is 12.0. The fourth-order valence-electron chi connectivity index (χ4n) is 2.24. The number of carbonyl (C=O) groups is 2. The smallest absolute Gasteiger partial charge is 0.251 e. The third-order valence-corrected chi connectivity index (χ3v) is 3.68. The summed E-state index contributed by atoms with van der Waals surface area (Å²) in [7, 11) is 1.61. The first-order valence-corrected chi connectivity index (χ1v) is 7.83. The van der Waals surface area contributed by atoms with Crippen LogP contribution in [0.1, 0.15) is 27.9 Å². The third kappa shape index (κ3) is 5.12. The van der Waals surface area contributed by atoms with Gasteiger partial charge in [0.15, 0.2) is 0 Å². The highest BCUT2D eigenvalue weighted by atomic mass is 16.5. The molecule has 2 aromatic rings. The van der Waals surface area contributed by atoms with Crippen LogP contribution in [0, 0.1) is 6.92 Å². The molecular weight excluding hydrogens is 304 g/mol. The monoisotopic (exact) mass is 326 g/mol. The lowest BCUT2D eigenvalue weighted by Crippen LogP contribution is -2.30. The Hall–Kier alpha value is -2.82. The standard InChI is InChI=1S/C19H22N2O3/c1-14-5-3-4-6-17(14)19(23)20-12-11-18(22)21-13-15-7-9-16(24-2)10-8-15/h3-10H,11-13H2,1-2H3,(H,20,23)(H,21,22). The van der Waals surface area contributed by atoms with Gasteiger partial charge < -0.3 is 15.4 Å². The van der Waals surface area contributed by atoms with E-state index in [4.69, 9.17) is 4.74 Å². The minimum absolute atomic E-state index is 0.101. The summed E-state index contributed by atoms with van der Waals surface area (Å²) in [5.74, 6) is 0.524. The second kappa shape index (κ2) is 8.72. The molecule has 0 aliphatic rings. The maximum Gasteiger partial charge on any atom is 0.251 e. The number of amides is 2. The van der Waals surface area contributed by atoms with Crippen molar-refractivity contribution in [3.8, 4) is 5.75 Å². The average Bonchev–Trinajstić information content (AvgIpc) is 2.60. The number of hydrogen-bond acceptors (Lipinski definition) is 3.